The molecule has 72 valence electrons. The highest BCUT2D eigenvalue weighted by Crippen LogP contribution is 2.31. The van der Waals surface area contributed by atoms with Crippen molar-refractivity contribution in [3.8, 4) is 5.75 Å². The second kappa shape index (κ2) is 3.44. The predicted molar refractivity (Wildman–Crippen MR) is 54.3 cm³/mol. The molecule has 0 saturated carbocycles. The summed E-state index contributed by atoms with van der Waals surface area (Å²) in [6, 6.07) is 5.65. The maximum atomic E-state index is 10.4. The normalized spacial score (nSPS) is 13.4. The molecule has 0 fully saturated rings. The first-order valence-electron chi connectivity index (χ1n) is 4.29. The van der Waals surface area contributed by atoms with Crippen LogP contribution in [0.15, 0.2) is 23.9 Å². The molecule has 0 unspecified atom stereocenters. The number of hydrogen-bond donors (Lipinski definition) is 2. The summed E-state index contributed by atoms with van der Waals surface area (Å²) >= 11 is 0. The van der Waals surface area contributed by atoms with E-state index < -0.39 is 0 Å². The first kappa shape index (κ1) is 8.66. The van der Waals surface area contributed by atoms with Crippen LogP contribution in [-0.4, -0.2) is 19.6 Å². The molecule has 0 spiro atoms. The molecule has 1 aromatic rings. The van der Waals surface area contributed by atoms with Crippen molar-refractivity contribution in [2.75, 3.05) is 24.3 Å². The van der Waals surface area contributed by atoms with E-state index in [1.54, 1.807) is 5.94 Å². The molecule has 0 amide bonds. The fourth-order valence-corrected chi connectivity index (χ4v) is 1.31. The van der Waals surface area contributed by atoms with Crippen LogP contribution in [0.3, 0.4) is 0 Å². The Morgan fingerprint density at radius 2 is 2.43 bits per heavy atom. The maximum Gasteiger partial charge on any atom is 0.149 e. The van der Waals surface area contributed by atoms with Crippen LogP contribution in [-0.2, 0) is 4.79 Å². The van der Waals surface area contributed by atoms with E-state index >= 15 is 0 Å². The molecule has 0 saturated heterocycles. The second-order valence-electron chi connectivity index (χ2n) is 2.96. The molecule has 1 aliphatic heterocycles. The molecule has 4 heteroatoms. The minimum absolute atomic E-state index is 0.259. The highest BCUT2D eigenvalue weighted by Gasteiger charge is 2.13. The van der Waals surface area contributed by atoms with Gasteiger partial charge in [-0.3, -0.25) is 0 Å². The van der Waals surface area contributed by atoms with Gasteiger partial charge in [0.05, 0.1) is 5.69 Å². The SMILES string of the molecule is CNc1ccc2c(c1)NC(=C=O)CO2. The first-order chi connectivity index (χ1) is 6.83. The summed E-state index contributed by atoms with van der Waals surface area (Å²) in [5, 5.41) is 5.96. The largest absolute Gasteiger partial charge is 0.484 e. The van der Waals surface area contributed by atoms with Crippen LogP contribution in [0.5, 0.6) is 5.75 Å². The van der Waals surface area contributed by atoms with Gasteiger partial charge in [-0.05, 0) is 18.2 Å². The van der Waals surface area contributed by atoms with Gasteiger partial charge in [-0.15, -0.1) is 0 Å². The monoisotopic (exact) mass is 190 g/mol. The van der Waals surface area contributed by atoms with Gasteiger partial charge in [0.2, 0.25) is 0 Å². The smallest absolute Gasteiger partial charge is 0.149 e. The molecular weight excluding hydrogens is 180 g/mol. The van der Waals surface area contributed by atoms with E-state index in [4.69, 9.17) is 4.74 Å². The molecule has 0 aliphatic carbocycles. The van der Waals surface area contributed by atoms with Gasteiger partial charge in [-0.2, -0.15) is 0 Å². The Balaban J connectivity index is 2.39. The molecule has 1 heterocycles. The van der Waals surface area contributed by atoms with Crippen molar-refractivity contribution in [2.24, 2.45) is 0 Å². The van der Waals surface area contributed by atoms with Crippen molar-refractivity contribution in [1.82, 2.24) is 0 Å². The molecule has 0 aromatic heterocycles. The summed E-state index contributed by atoms with van der Waals surface area (Å²) in [4.78, 5) is 10.4. The van der Waals surface area contributed by atoms with Crippen molar-refractivity contribution in [1.29, 1.82) is 0 Å². The number of ether oxygens (including phenoxy) is 1. The molecule has 14 heavy (non-hydrogen) atoms. The molecule has 0 atom stereocenters. The quantitative estimate of drug-likeness (QED) is 0.654. The average Bonchev–Trinajstić information content (AvgIpc) is 2.27. The molecule has 0 bridgehead atoms. The summed E-state index contributed by atoms with van der Waals surface area (Å²) in [5.74, 6) is 2.55. The van der Waals surface area contributed by atoms with Crippen LogP contribution in [0.25, 0.3) is 0 Å². The minimum Gasteiger partial charge on any atom is -0.484 e. The zero-order valence-electron chi connectivity index (χ0n) is 7.76. The average molecular weight is 190 g/mol. The van der Waals surface area contributed by atoms with Crippen LogP contribution in [0, 0.1) is 0 Å². The van der Waals surface area contributed by atoms with Crippen LogP contribution >= 0.6 is 0 Å². The van der Waals surface area contributed by atoms with Crippen molar-refractivity contribution >= 4 is 17.3 Å². The van der Waals surface area contributed by atoms with Crippen LogP contribution in [0.1, 0.15) is 0 Å². The van der Waals surface area contributed by atoms with E-state index in [9.17, 15) is 4.79 Å². The number of nitrogens with one attached hydrogen (secondary N) is 2. The third-order valence-corrected chi connectivity index (χ3v) is 2.05. The summed E-state index contributed by atoms with van der Waals surface area (Å²) in [6.07, 6.45) is 0. The van der Waals surface area contributed by atoms with Crippen molar-refractivity contribution < 1.29 is 9.53 Å². The molecular formula is C10H10N2O2. The number of hydrogen-bond acceptors (Lipinski definition) is 4. The predicted octanol–water partition coefficient (Wildman–Crippen LogP) is 1.25. The van der Waals surface area contributed by atoms with Crippen molar-refractivity contribution in [3.05, 3.63) is 23.9 Å². The lowest BCUT2D eigenvalue weighted by atomic mass is 10.2. The Kier molecular flexibility index (Phi) is 2.13. The standard InChI is InChI=1S/C10H10N2O2/c1-11-7-2-3-10-9(4-7)12-8(5-13)6-14-10/h2-4,11-12H,6H2,1H3. The van der Waals surface area contributed by atoms with E-state index in [2.05, 4.69) is 10.6 Å². The molecule has 0 radical (unpaired) electrons. The molecule has 2 N–H and O–H groups in total. The Hall–Kier alpha value is -1.93. The zero-order valence-corrected chi connectivity index (χ0v) is 7.76. The molecule has 1 aliphatic rings. The highest BCUT2D eigenvalue weighted by molar-refractivity contribution is 5.72. The molecule has 1 aromatic carbocycles. The van der Waals surface area contributed by atoms with Gasteiger partial charge in [0, 0.05) is 12.7 Å². The van der Waals surface area contributed by atoms with E-state index in [1.807, 2.05) is 25.2 Å². The lowest BCUT2D eigenvalue weighted by Gasteiger charge is -2.20. The fourth-order valence-electron chi connectivity index (χ4n) is 1.31. The molecule has 2 rings (SSSR count). The summed E-state index contributed by atoms with van der Waals surface area (Å²) in [7, 11) is 1.84. The number of benzene rings is 1. The van der Waals surface area contributed by atoms with E-state index in [0.717, 1.165) is 17.1 Å². The number of rotatable bonds is 1. The van der Waals surface area contributed by atoms with Crippen LogP contribution in [0.2, 0.25) is 0 Å². The Bertz CT molecular complexity index is 409. The van der Waals surface area contributed by atoms with E-state index in [0.29, 0.717) is 5.70 Å². The Labute approximate surface area is 81.6 Å². The molecule has 4 nitrogen and oxygen atoms in total. The van der Waals surface area contributed by atoms with Crippen LogP contribution < -0.4 is 15.4 Å². The van der Waals surface area contributed by atoms with Gasteiger partial charge < -0.3 is 15.4 Å². The van der Waals surface area contributed by atoms with Gasteiger partial charge in [-0.25, -0.2) is 4.79 Å². The van der Waals surface area contributed by atoms with Gasteiger partial charge in [0.15, 0.2) is 0 Å². The maximum absolute atomic E-state index is 10.4. The van der Waals surface area contributed by atoms with Crippen molar-refractivity contribution in [3.63, 3.8) is 0 Å². The third kappa shape index (κ3) is 1.43. The highest BCUT2D eigenvalue weighted by atomic mass is 16.5. The lowest BCUT2D eigenvalue weighted by molar-refractivity contribution is 0.347. The minimum atomic E-state index is 0.259. The van der Waals surface area contributed by atoms with E-state index in [1.165, 1.54) is 0 Å². The zero-order chi connectivity index (χ0) is 9.97. The second-order valence-corrected chi connectivity index (χ2v) is 2.96. The van der Waals surface area contributed by atoms with Gasteiger partial charge in [-0.1, -0.05) is 0 Å². The van der Waals surface area contributed by atoms with E-state index in [-0.39, 0.29) is 6.61 Å². The third-order valence-electron chi connectivity index (χ3n) is 2.05. The van der Waals surface area contributed by atoms with Gasteiger partial charge in [0.25, 0.3) is 0 Å². The van der Waals surface area contributed by atoms with Gasteiger partial charge in [0.1, 0.15) is 24.0 Å². The summed E-state index contributed by atoms with van der Waals surface area (Å²) in [5.41, 5.74) is 2.18. The number of carbonyl (C=O) groups excluding carboxylic acids is 1. The fraction of sp³-hybridized carbons (Fsp3) is 0.200. The Morgan fingerprint density at radius 1 is 1.57 bits per heavy atom. The van der Waals surface area contributed by atoms with Crippen LogP contribution in [0.4, 0.5) is 11.4 Å². The van der Waals surface area contributed by atoms with Gasteiger partial charge >= 0.3 is 0 Å². The number of anilines is 2. The topological polar surface area (TPSA) is 50.4 Å². The number of fused-ring (bicyclic) bond motifs is 1. The summed E-state index contributed by atoms with van der Waals surface area (Å²) in [6.45, 7) is 0.259. The summed E-state index contributed by atoms with van der Waals surface area (Å²) < 4.78 is 5.34. The first-order valence-corrected chi connectivity index (χ1v) is 4.29. The van der Waals surface area contributed by atoms with Crippen molar-refractivity contribution in [2.45, 2.75) is 0 Å². The Morgan fingerprint density at radius 3 is 3.14 bits per heavy atom. The lowest BCUT2D eigenvalue weighted by Crippen LogP contribution is -2.16.